The van der Waals surface area contributed by atoms with Gasteiger partial charge in [0.2, 0.25) is 0 Å². The standard InChI is InChI=1S/C13H20N4O2/c1-3-9(2)16-11-6-12(15-8-14-11)17-5-4-10(7-17)13(18)19/h6,8-10H,3-5,7H2,1-2H3,(H,18,19)(H,14,15,16). The van der Waals surface area contributed by atoms with Crippen molar-refractivity contribution in [2.45, 2.75) is 32.7 Å². The third kappa shape index (κ3) is 3.33. The van der Waals surface area contributed by atoms with Gasteiger partial charge in [-0.2, -0.15) is 0 Å². The lowest BCUT2D eigenvalue weighted by Gasteiger charge is -2.18. The first-order valence-corrected chi connectivity index (χ1v) is 6.66. The maximum atomic E-state index is 11.0. The number of rotatable bonds is 5. The Kier molecular flexibility index (Phi) is 4.19. The highest BCUT2D eigenvalue weighted by Crippen LogP contribution is 2.23. The molecule has 0 aliphatic carbocycles. The van der Waals surface area contributed by atoms with Crippen LogP contribution in [-0.2, 0) is 4.79 Å². The smallest absolute Gasteiger partial charge is 0.308 e. The van der Waals surface area contributed by atoms with Gasteiger partial charge in [0.05, 0.1) is 5.92 Å². The van der Waals surface area contributed by atoms with Crippen LogP contribution in [0.25, 0.3) is 0 Å². The molecule has 0 amide bonds. The van der Waals surface area contributed by atoms with E-state index in [4.69, 9.17) is 5.11 Å². The van der Waals surface area contributed by atoms with Gasteiger partial charge in [-0.25, -0.2) is 9.97 Å². The maximum Gasteiger partial charge on any atom is 0.308 e. The summed E-state index contributed by atoms with van der Waals surface area (Å²) in [4.78, 5) is 21.4. The molecule has 1 aromatic heterocycles. The van der Waals surface area contributed by atoms with Crippen molar-refractivity contribution in [3.63, 3.8) is 0 Å². The molecule has 0 bridgehead atoms. The normalized spacial score (nSPS) is 20.3. The van der Waals surface area contributed by atoms with Gasteiger partial charge in [-0.3, -0.25) is 4.79 Å². The molecule has 2 heterocycles. The number of nitrogens with zero attached hydrogens (tertiary/aromatic N) is 3. The molecule has 0 saturated carbocycles. The molecule has 6 heteroatoms. The van der Waals surface area contributed by atoms with Crippen LogP contribution >= 0.6 is 0 Å². The van der Waals surface area contributed by atoms with Crippen molar-refractivity contribution in [2.75, 3.05) is 23.3 Å². The molecule has 1 aromatic rings. The lowest BCUT2D eigenvalue weighted by atomic mass is 10.1. The largest absolute Gasteiger partial charge is 0.481 e. The number of carboxylic acids is 1. The van der Waals surface area contributed by atoms with Crippen LogP contribution in [0.15, 0.2) is 12.4 Å². The Bertz CT molecular complexity index is 452. The molecule has 0 spiro atoms. The first kappa shape index (κ1) is 13.6. The van der Waals surface area contributed by atoms with E-state index in [1.54, 1.807) is 0 Å². The van der Waals surface area contributed by atoms with Gasteiger partial charge in [-0.1, -0.05) is 6.92 Å². The number of aromatic nitrogens is 2. The van der Waals surface area contributed by atoms with E-state index in [1.807, 2.05) is 11.0 Å². The Morgan fingerprint density at radius 1 is 1.63 bits per heavy atom. The number of hydrogen-bond donors (Lipinski definition) is 2. The zero-order valence-electron chi connectivity index (χ0n) is 11.3. The maximum absolute atomic E-state index is 11.0. The molecular formula is C13H20N4O2. The lowest BCUT2D eigenvalue weighted by molar-refractivity contribution is -0.140. The van der Waals surface area contributed by atoms with E-state index in [1.165, 1.54) is 6.33 Å². The number of aliphatic carboxylic acids is 1. The predicted octanol–water partition coefficient (Wildman–Crippen LogP) is 1.60. The minimum Gasteiger partial charge on any atom is -0.481 e. The molecule has 1 aliphatic heterocycles. The van der Waals surface area contributed by atoms with E-state index < -0.39 is 5.97 Å². The highest BCUT2D eigenvalue weighted by atomic mass is 16.4. The van der Waals surface area contributed by atoms with Crippen molar-refractivity contribution in [1.82, 2.24) is 9.97 Å². The molecule has 1 aliphatic rings. The fraction of sp³-hybridized carbons (Fsp3) is 0.615. The van der Waals surface area contributed by atoms with E-state index in [0.29, 0.717) is 19.0 Å². The summed E-state index contributed by atoms with van der Waals surface area (Å²) in [5.74, 6) is 0.568. The van der Waals surface area contributed by atoms with Crippen molar-refractivity contribution in [1.29, 1.82) is 0 Å². The fourth-order valence-corrected chi connectivity index (χ4v) is 2.12. The second-order valence-corrected chi connectivity index (χ2v) is 4.98. The summed E-state index contributed by atoms with van der Waals surface area (Å²) in [5, 5.41) is 12.3. The van der Waals surface area contributed by atoms with Crippen molar-refractivity contribution in [3.05, 3.63) is 12.4 Å². The number of carbonyl (C=O) groups is 1. The van der Waals surface area contributed by atoms with E-state index >= 15 is 0 Å². The molecule has 104 valence electrons. The molecule has 0 radical (unpaired) electrons. The minimum absolute atomic E-state index is 0.291. The predicted molar refractivity (Wildman–Crippen MR) is 73.4 cm³/mol. The Balaban J connectivity index is 2.05. The number of nitrogens with one attached hydrogen (secondary N) is 1. The highest BCUT2D eigenvalue weighted by molar-refractivity contribution is 5.72. The third-order valence-corrected chi connectivity index (χ3v) is 3.52. The van der Waals surface area contributed by atoms with E-state index in [0.717, 1.165) is 24.6 Å². The van der Waals surface area contributed by atoms with E-state index in [-0.39, 0.29) is 5.92 Å². The Hall–Kier alpha value is -1.85. The molecule has 1 saturated heterocycles. The number of anilines is 2. The molecule has 2 rings (SSSR count). The van der Waals surface area contributed by atoms with Crippen LogP contribution in [0, 0.1) is 5.92 Å². The van der Waals surface area contributed by atoms with Crippen LogP contribution in [0.4, 0.5) is 11.6 Å². The zero-order chi connectivity index (χ0) is 13.8. The molecule has 6 nitrogen and oxygen atoms in total. The summed E-state index contributed by atoms with van der Waals surface area (Å²) in [6.45, 7) is 5.46. The molecule has 2 unspecified atom stereocenters. The summed E-state index contributed by atoms with van der Waals surface area (Å²) in [7, 11) is 0. The average molecular weight is 264 g/mol. The lowest BCUT2D eigenvalue weighted by Crippen LogP contribution is -2.24. The number of carboxylic acid groups (broad SMARTS) is 1. The molecule has 2 atom stereocenters. The van der Waals surface area contributed by atoms with Crippen LogP contribution in [0.5, 0.6) is 0 Å². The van der Waals surface area contributed by atoms with E-state index in [9.17, 15) is 4.79 Å². The topological polar surface area (TPSA) is 78.4 Å². The summed E-state index contributed by atoms with van der Waals surface area (Å²) < 4.78 is 0. The second kappa shape index (κ2) is 5.86. The monoisotopic (exact) mass is 264 g/mol. The molecule has 0 aromatic carbocycles. The summed E-state index contributed by atoms with van der Waals surface area (Å²) in [5.41, 5.74) is 0. The van der Waals surface area contributed by atoms with Gasteiger partial charge in [0.15, 0.2) is 0 Å². The van der Waals surface area contributed by atoms with Crippen LogP contribution in [0.3, 0.4) is 0 Å². The average Bonchev–Trinajstić information content (AvgIpc) is 2.88. The Morgan fingerprint density at radius 3 is 3.05 bits per heavy atom. The molecule has 2 N–H and O–H groups in total. The van der Waals surface area contributed by atoms with Gasteiger partial charge < -0.3 is 15.3 Å². The van der Waals surface area contributed by atoms with Crippen LogP contribution in [-0.4, -0.2) is 40.2 Å². The zero-order valence-corrected chi connectivity index (χ0v) is 11.3. The third-order valence-electron chi connectivity index (χ3n) is 3.52. The van der Waals surface area contributed by atoms with Crippen LogP contribution in [0.2, 0.25) is 0 Å². The number of hydrogen-bond acceptors (Lipinski definition) is 5. The van der Waals surface area contributed by atoms with Crippen LogP contribution in [0.1, 0.15) is 26.7 Å². The van der Waals surface area contributed by atoms with Gasteiger partial charge in [0, 0.05) is 25.2 Å². The minimum atomic E-state index is -0.727. The van der Waals surface area contributed by atoms with Gasteiger partial charge in [-0.05, 0) is 19.8 Å². The van der Waals surface area contributed by atoms with Crippen molar-refractivity contribution in [2.24, 2.45) is 5.92 Å². The first-order valence-electron chi connectivity index (χ1n) is 6.66. The van der Waals surface area contributed by atoms with E-state index in [2.05, 4.69) is 29.1 Å². The fourth-order valence-electron chi connectivity index (χ4n) is 2.12. The SMILES string of the molecule is CCC(C)Nc1cc(N2CCC(C(=O)O)C2)ncn1. The Labute approximate surface area is 112 Å². The van der Waals surface area contributed by atoms with Crippen molar-refractivity contribution < 1.29 is 9.90 Å². The van der Waals surface area contributed by atoms with Crippen LogP contribution < -0.4 is 10.2 Å². The quantitative estimate of drug-likeness (QED) is 0.841. The summed E-state index contributed by atoms with van der Waals surface area (Å²) in [6.07, 6.45) is 3.21. The molecule has 19 heavy (non-hydrogen) atoms. The van der Waals surface area contributed by atoms with Gasteiger partial charge in [0.25, 0.3) is 0 Å². The Morgan fingerprint density at radius 2 is 2.42 bits per heavy atom. The van der Waals surface area contributed by atoms with Gasteiger partial charge >= 0.3 is 5.97 Å². The molecule has 1 fully saturated rings. The van der Waals surface area contributed by atoms with Gasteiger partial charge in [0.1, 0.15) is 18.0 Å². The summed E-state index contributed by atoms with van der Waals surface area (Å²) >= 11 is 0. The van der Waals surface area contributed by atoms with Crippen molar-refractivity contribution >= 4 is 17.6 Å². The summed E-state index contributed by atoms with van der Waals surface area (Å²) in [6, 6.07) is 2.24. The first-order chi connectivity index (χ1) is 9.10. The van der Waals surface area contributed by atoms with Gasteiger partial charge in [-0.15, -0.1) is 0 Å². The highest BCUT2D eigenvalue weighted by Gasteiger charge is 2.28. The second-order valence-electron chi connectivity index (χ2n) is 4.98. The molecular weight excluding hydrogens is 244 g/mol. The van der Waals surface area contributed by atoms with Crippen molar-refractivity contribution in [3.8, 4) is 0 Å².